The molecule has 2 atom stereocenters. The van der Waals surface area contributed by atoms with Crippen LogP contribution in [0.1, 0.15) is 66.9 Å². The van der Waals surface area contributed by atoms with Crippen LogP contribution in [0, 0.1) is 5.41 Å². The van der Waals surface area contributed by atoms with Crippen molar-refractivity contribution in [3.63, 3.8) is 0 Å². The third kappa shape index (κ3) is 7.29. The molecular formula is C35H48N6O5. The Morgan fingerprint density at radius 3 is 2.35 bits per heavy atom. The average molecular weight is 633 g/mol. The number of allylic oxidation sites excluding steroid dienone is 1. The largest absolute Gasteiger partial charge is 0.494 e. The molecule has 2 aromatic heterocycles. The summed E-state index contributed by atoms with van der Waals surface area (Å²) in [6, 6.07) is 8.47. The van der Waals surface area contributed by atoms with E-state index in [2.05, 4.69) is 43.9 Å². The van der Waals surface area contributed by atoms with Crippen molar-refractivity contribution in [3.05, 3.63) is 67.4 Å². The second kappa shape index (κ2) is 13.8. The number of piperidine rings is 1. The van der Waals surface area contributed by atoms with Gasteiger partial charge in [0.25, 0.3) is 0 Å². The minimum absolute atomic E-state index is 0.224. The van der Waals surface area contributed by atoms with Crippen LogP contribution in [0.2, 0.25) is 0 Å². The van der Waals surface area contributed by atoms with Gasteiger partial charge in [-0.2, -0.15) is 9.61 Å². The normalized spacial score (nSPS) is 17.0. The van der Waals surface area contributed by atoms with Crippen LogP contribution in [0.5, 0.6) is 5.75 Å². The van der Waals surface area contributed by atoms with Crippen molar-refractivity contribution in [2.75, 3.05) is 29.5 Å². The number of hydrogen-bond donors (Lipinski definition) is 1. The SMILES string of the molecule is C=CCc1c(N(CC=C)C2CCCN(C(=O)O)C2C(C)(C)C)nc2ccnn2c1N(C(=O)OC(C)(C)C)c1ccc(OCC)cc1. The van der Waals surface area contributed by atoms with E-state index in [0.717, 1.165) is 6.42 Å². The van der Waals surface area contributed by atoms with Crippen LogP contribution in [0.25, 0.3) is 5.65 Å². The van der Waals surface area contributed by atoms with Crippen LogP contribution in [-0.4, -0.2) is 74.2 Å². The van der Waals surface area contributed by atoms with Gasteiger partial charge in [-0.1, -0.05) is 32.9 Å². The maximum Gasteiger partial charge on any atom is 0.420 e. The molecule has 0 spiro atoms. The van der Waals surface area contributed by atoms with Crippen molar-refractivity contribution < 1.29 is 24.2 Å². The van der Waals surface area contributed by atoms with Gasteiger partial charge in [0.1, 0.15) is 17.2 Å². The molecule has 1 saturated heterocycles. The molecule has 11 nitrogen and oxygen atoms in total. The molecule has 0 bridgehead atoms. The molecule has 2 unspecified atom stereocenters. The number of amides is 2. The number of aromatic nitrogens is 3. The molecular weight excluding hydrogens is 584 g/mol. The Morgan fingerprint density at radius 1 is 1.09 bits per heavy atom. The maximum atomic E-state index is 14.2. The third-order valence-corrected chi connectivity index (χ3v) is 7.86. The van der Waals surface area contributed by atoms with Gasteiger partial charge in [-0.05, 0) is 76.6 Å². The van der Waals surface area contributed by atoms with Crippen LogP contribution in [0.4, 0.5) is 26.9 Å². The van der Waals surface area contributed by atoms with Crippen molar-refractivity contribution in [2.24, 2.45) is 5.41 Å². The Morgan fingerprint density at radius 2 is 1.78 bits per heavy atom. The number of carboxylic acid groups (broad SMARTS) is 1. The average Bonchev–Trinajstić information content (AvgIpc) is 3.45. The molecule has 2 amide bonds. The first-order chi connectivity index (χ1) is 21.7. The molecule has 46 heavy (non-hydrogen) atoms. The zero-order valence-electron chi connectivity index (χ0n) is 28.2. The van der Waals surface area contributed by atoms with Crippen molar-refractivity contribution in [2.45, 2.75) is 85.4 Å². The van der Waals surface area contributed by atoms with Gasteiger partial charge >= 0.3 is 12.2 Å². The summed E-state index contributed by atoms with van der Waals surface area (Å²) in [6.45, 7) is 23.1. The van der Waals surface area contributed by atoms with Gasteiger partial charge in [0.05, 0.1) is 30.6 Å². The number of fused-ring (bicyclic) bond motifs is 1. The summed E-state index contributed by atoms with van der Waals surface area (Å²) < 4.78 is 13.3. The first kappa shape index (κ1) is 34.3. The molecule has 248 valence electrons. The topological polar surface area (TPSA) is 113 Å². The molecule has 1 aliphatic rings. The molecule has 0 radical (unpaired) electrons. The summed E-state index contributed by atoms with van der Waals surface area (Å²) >= 11 is 0. The molecule has 0 aliphatic carbocycles. The summed E-state index contributed by atoms with van der Waals surface area (Å²) in [5.74, 6) is 1.73. The van der Waals surface area contributed by atoms with Crippen LogP contribution < -0.4 is 14.5 Å². The number of hydrogen-bond acceptors (Lipinski definition) is 7. The predicted octanol–water partition coefficient (Wildman–Crippen LogP) is 7.48. The van der Waals surface area contributed by atoms with E-state index >= 15 is 0 Å². The highest BCUT2D eigenvalue weighted by molar-refractivity contribution is 5.97. The quantitative estimate of drug-likeness (QED) is 0.229. The first-order valence-electron chi connectivity index (χ1n) is 15.8. The third-order valence-electron chi connectivity index (χ3n) is 7.86. The maximum absolute atomic E-state index is 14.2. The second-order valence-electron chi connectivity index (χ2n) is 13.5. The van der Waals surface area contributed by atoms with Gasteiger partial charge in [-0.3, -0.25) is 0 Å². The van der Waals surface area contributed by atoms with E-state index in [1.165, 1.54) is 4.90 Å². The number of carbonyl (C=O) groups excluding carboxylic acids is 1. The number of nitrogens with zero attached hydrogens (tertiary/aromatic N) is 6. The fourth-order valence-corrected chi connectivity index (χ4v) is 6.30. The highest BCUT2D eigenvalue weighted by Gasteiger charge is 2.45. The molecule has 4 rings (SSSR count). The van der Waals surface area contributed by atoms with Crippen molar-refractivity contribution in [3.8, 4) is 5.75 Å². The smallest absolute Gasteiger partial charge is 0.420 e. The molecule has 1 N–H and O–H groups in total. The van der Waals surface area contributed by atoms with E-state index < -0.39 is 17.8 Å². The van der Waals surface area contributed by atoms with Gasteiger partial charge in [-0.15, -0.1) is 13.2 Å². The summed E-state index contributed by atoms with van der Waals surface area (Å²) in [7, 11) is 0. The number of rotatable bonds is 10. The minimum atomic E-state index is -0.944. The Labute approximate surface area is 272 Å². The van der Waals surface area contributed by atoms with E-state index in [-0.39, 0.29) is 17.5 Å². The van der Waals surface area contributed by atoms with E-state index in [9.17, 15) is 14.7 Å². The number of benzene rings is 1. The predicted molar refractivity (Wildman–Crippen MR) is 181 cm³/mol. The van der Waals surface area contributed by atoms with Crippen LogP contribution in [0.15, 0.2) is 61.8 Å². The van der Waals surface area contributed by atoms with E-state index in [0.29, 0.717) is 66.8 Å². The summed E-state index contributed by atoms with van der Waals surface area (Å²) in [6.07, 6.45) is 5.47. The lowest BCUT2D eigenvalue weighted by molar-refractivity contribution is 0.0454. The number of ether oxygens (including phenoxy) is 2. The highest BCUT2D eigenvalue weighted by Crippen LogP contribution is 2.41. The van der Waals surface area contributed by atoms with Crippen molar-refractivity contribution >= 4 is 35.2 Å². The molecule has 1 aliphatic heterocycles. The van der Waals surface area contributed by atoms with Crippen molar-refractivity contribution in [1.82, 2.24) is 19.5 Å². The Kier molecular flexibility index (Phi) is 10.3. The highest BCUT2D eigenvalue weighted by atomic mass is 16.6. The van der Waals surface area contributed by atoms with Crippen molar-refractivity contribution in [1.29, 1.82) is 0 Å². The minimum Gasteiger partial charge on any atom is -0.494 e. The molecule has 11 heteroatoms. The Bertz CT molecular complexity index is 1550. The fourth-order valence-electron chi connectivity index (χ4n) is 6.30. The summed E-state index contributed by atoms with van der Waals surface area (Å²) in [4.78, 5) is 37.0. The monoisotopic (exact) mass is 632 g/mol. The lowest BCUT2D eigenvalue weighted by atomic mass is 9.77. The zero-order chi connectivity index (χ0) is 33.8. The zero-order valence-corrected chi connectivity index (χ0v) is 28.2. The van der Waals surface area contributed by atoms with E-state index in [1.54, 1.807) is 33.8 Å². The Balaban J connectivity index is 2.03. The first-order valence-corrected chi connectivity index (χ1v) is 15.8. The fraction of sp³-hybridized carbons (Fsp3) is 0.486. The number of likely N-dealkylation sites (tertiary alicyclic amines) is 1. The van der Waals surface area contributed by atoms with Gasteiger partial charge < -0.3 is 24.4 Å². The van der Waals surface area contributed by atoms with Gasteiger partial charge in [0.2, 0.25) is 0 Å². The number of anilines is 3. The number of carbonyl (C=O) groups is 2. The van der Waals surface area contributed by atoms with Gasteiger partial charge in [-0.25, -0.2) is 19.5 Å². The van der Waals surface area contributed by atoms with Gasteiger partial charge in [0, 0.05) is 24.7 Å². The summed E-state index contributed by atoms with van der Waals surface area (Å²) in [5.41, 5.74) is 0.595. The summed E-state index contributed by atoms with van der Waals surface area (Å²) in [5, 5.41) is 14.9. The molecule has 1 aromatic carbocycles. The van der Waals surface area contributed by atoms with Crippen LogP contribution >= 0.6 is 0 Å². The lowest BCUT2D eigenvalue weighted by Crippen LogP contribution is -2.62. The van der Waals surface area contributed by atoms with E-state index in [4.69, 9.17) is 14.5 Å². The Hall–Kier alpha value is -4.54. The molecule has 0 saturated carbocycles. The lowest BCUT2D eigenvalue weighted by Gasteiger charge is -2.50. The molecule has 3 aromatic rings. The van der Waals surface area contributed by atoms with Crippen LogP contribution in [-0.2, 0) is 11.2 Å². The van der Waals surface area contributed by atoms with Gasteiger partial charge in [0.15, 0.2) is 11.5 Å². The second-order valence-corrected chi connectivity index (χ2v) is 13.5. The van der Waals surface area contributed by atoms with E-state index in [1.807, 2.05) is 52.0 Å². The molecule has 3 heterocycles. The standard InChI is InChI=1S/C35H48N6O5/c1-10-14-26-30(38(22-11-2)27-15-13-23-39(32(42)43)29(27)34(4,5)6)37-28-20-21-36-41(28)31(26)40(33(44)46-35(7,8)9)24-16-18-25(19-17-24)45-12-3/h10-11,16-21,27,29H,1-2,12-15,22-23H2,3-9H3,(H,42,43). The van der Waals surface area contributed by atoms with Crippen LogP contribution in [0.3, 0.4) is 0 Å². The molecule has 1 fully saturated rings.